The zero-order chi connectivity index (χ0) is 21.9. The molecule has 156 valence electrons. The lowest BCUT2D eigenvalue weighted by atomic mass is 10.1. The molecule has 1 N–H and O–H groups in total. The number of hydrogen-bond acceptors (Lipinski definition) is 8. The summed E-state index contributed by atoms with van der Waals surface area (Å²) >= 11 is 7.51. The number of aryl methyl sites for hydroxylation is 2. The fourth-order valence-electron chi connectivity index (χ4n) is 2.62. The van der Waals surface area contributed by atoms with Crippen LogP contribution in [0, 0.1) is 24.1 Å². The average Bonchev–Trinajstić information content (AvgIpc) is 3.06. The number of benzene rings is 2. The highest BCUT2D eigenvalue weighted by molar-refractivity contribution is 7.14. The van der Waals surface area contributed by atoms with Crippen LogP contribution in [0.1, 0.15) is 10.6 Å². The summed E-state index contributed by atoms with van der Waals surface area (Å²) in [6, 6.07) is 15.7. The zero-order valence-electron chi connectivity index (χ0n) is 15.7. The van der Waals surface area contributed by atoms with Crippen LogP contribution in [0.5, 0.6) is 0 Å². The molecule has 0 unspecified atom stereocenters. The minimum Gasteiger partial charge on any atom is -0.456 e. The topological polar surface area (TPSA) is 145 Å². The monoisotopic (exact) mass is 467 g/mol. The van der Waals surface area contributed by atoms with Crippen molar-refractivity contribution in [1.29, 1.82) is 0 Å². The third-order valence-electron chi connectivity index (χ3n) is 3.82. The quantitative estimate of drug-likeness (QED) is 0.388. The summed E-state index contributed by atoms with van der Waals surface area (Å²) in [6.45, 7) is 4.00. The molecule has 0 spiro atoms. The first kappa shape index (κ1) is 22.3. The summed E-state index contributed by atoms with van der Waals surface area (Å²) in [7, 11) is -4.94. The van der Waals surface area contributed by atoms with Crippen LogP contribution in [0.2, 0.25) is 5.02 Å². The third kappa shape index (κ3) is 6.31. The standard InChI is InChI=1S/C19H14ClN3OS.ClHO4/c1-11-3-8-17-15(9-11)16(21-19-23-22-12(2)25-19)10-18(24-17)13-4-6-14(20)7-5-13;2-1(3,4)5/h3-10H,1-2H3;(H,2,3,4,5)/b21-16+;. The van der Waals surface area contributed by atoms with Gasteiger partial charge in [0, 0.05) is 16.7 Å². The van der Waals surface area contributed by atoms with Gasteiger partial charge in [-0.15, -0.1) is 10.2 Å². The average molecular weight is 468 g/mol. The Morgan fingerprint density at radius 2 is 1.63 bits per heavy atom. The van der Waals surface area contributed by atoms with Crippen molar-refractivity contribution in [1.82, 2.24) is 10.2 Å². The van der Waals surface area contributed by atoms with Crippen molar-refractivity contribution >= 4 is 39.0 Å². The molecular formula is C19H15Cl2N3O5S. The van der Waals surface area contributed by atoms with Crippen LogP contribution in [0.25, 0.3) is 22.3 Å². The highest BCUT2D eigenvalue weighted by Crippen LogP contribution is 2.23. The lowest BCUT2D eigenvalue weighted by Crippen LogP contribution is -2.70. The van der Waals surface area contributed by atoms with Crippen molar-refractivity contribution in [2.24, 2.45) is 0 Å². The first-order chi connectivity index (χ1) is 14.1. The molecule has 0 bridgehead atoms. The van der Waals surface area contributed by atoms with Gasteiger partial charge in [0.1, 0.15) is 21.7 Å². The second kappa shape index (κ2) is 9.19. The van der Waals surface area contributed by atoms with Crippen molar-refractivity contribution in [3.63, 3.8) is 0 Å². The second-order valence-electron chi connectivity index (χ2n) is 6.16. The fraction of sp³-hybridized carbons (Fsp3) is 0.105. The van der Waals surface area contributed by atoms with E-state index in [2.05, 4.69) is 28.2 Å². The normalized spacial score (nSPS) is 12.0. The Morgan fingerprint density at radius 3 is 2.23 bits per heavy atom. The summed E-state index contributed by atoms with van der Waals surface area (Å²) in [5.41, 5.74) is 2.93. The molecule has 2 aromatic heterocycles. The molecule has 8 nitrogen and oxygen atoms in total. The van der Waals surface area contributed by atoms with Gasteiger partial charge in [0.05, 0.1) is 10.5 Å². The van der Waals surface area contributed by atoms with Crippen LogP contribution in [-0.2, 0) is 0 Å². The molecule has 0 fully saturated rings. The van der Waals surface area contributed by atoms with E-state index in [-0.39, 0.29) is 0 Å². The molecule has 0 saturated carbocycles. The molecule has 0 aliphatic carbocycles. The Morgan fingerprint density at radius 1 is 0.967 bits per heavy atom. The van der Waals surface area contributed by atoms with E-state index < -0.39 is 10.2 Å². The van der Waals surface area contributed by atoms with Crippen LogP contribution in [0.4, 0.5) is 5.13 Å². The van der Waals surface area contributed by atoms with Crippen molar-refractivity contribution in [2.75, 3.05) is 0 Å². The van der Waals surface area contributed by atoms with Gasteiger partial charge < -0.3 is 4.42 Å². The van der Waals surface area contributed by atoms with Gasteiger partial charge >= 0.3 is 5.13 Å². The predicted octanol–water partition coefficient (Wildman–Crippen LogP) is -1.22. The van der Waals surface area contributed by atoms with Gasteiger partial charge in [-0.05, 0) is 66.7 Å². The number of nitrogens with zero attached hydrogens (tertiary/aromatic N) is 2. The van der Waals surface area contributed by atoms with Crippen LogP contribution in [0.15, 0.2) is 52.9 Å². The van der Waals surface area contributed by atoms with E-state index in [1.165, 1.54) is 16.9 Å². The molecule has 4 aromatic rings. The molecule has 0 saturated heterocycles. The number of nitrogens with one attached hydrogen (secondary N) is 1. The fourth-order valence-corrected chi connectivity index (χ4v) is 3.35. The van der Waals surface area contributed by atoms with E-state index in [1.807, 2.05) is 49.4 Å². The van der Waals surface area contributed by atoms with Crippen molar-refractivity contribution in [3.05, 3.63) is 69.5 Å². The van der Waals surface area contributed by atoms with Crippen molar-refractivity contribution < 1.29 is 38.3 Å². The van der Waals surface area contributed by atoms with Crippen LogP contribution >= 0.6 is 22.9 Å². The molecule has 0 aliphatic heterocycles. The van der Waals surface area contributed by atoms with Gasteiger partial charge in [0.15, 0.2) is 0 Å². The number of aromatic nitrogens is 2. The van der Waals surface area contributed by atoms with Gasteiger partial charge in [-0.25, -0.2) is 23.6 Å². The number of rotatable bonds is 2. The SMILES string of the molecule is Cc1ccc2oc(-c3ccc(Cl)cc3)c/c(=[NH+]\c3nnc(C)s3)c2c1.[O-][Cl+3]([O-])([O-])[O-]. The summed E-state index contributed by atoms with van der Waals surface area (Å²) in [5.74, 6) is 0.761. The van der Waals surface area contributed by atoms with Crippen LogP contribution in [0.3, 0.4) is 0 Å². The van der Waals surface area contributed by atoms with Gasteiger partial charge in [-0.1, -0.05) is 23.2 Å². The Balaban J connectivity index is 0.000000461. The minimum atomic E-state index is -4.94. The Hall–Kier alpha value is -2.37. The van der Waals surface area contributed by atoms with Gasteiger partial charge in [-0.2, -0.15) is 0 Å². The molecule has 0 aliphatic rings. The van der Waals surface area contributed by atoms with E-state index in [0.717, 1.165) is 37.8 Å². The highest BCUT2D eigenvalue weighted by Gasteiger charge is 2.11. The zero-order valence-corrected chi connectivity index (χ0v) is 18.0. The number of hydrogen-bond donors (Lipinski definition) is 1. The van der Waals surface area contributed by atoms with E-state index in [0.29, 0.717) is 5.02 Å². The maximum absolute atomic E-state index is 8.49. The maximum Gasteiger partial charge on any atom is 0.408 e. The van der Waals surface area contributed by atoms with Gasteiger partial charge in [0.25, 0.3) is 0 Å². The largest absolute Gasteiger partial charge is 0.456 e. The van der Waals surface area contributed by atoms with E-state index in [9.17, 15) is 0 Å². The van der Waals surface area contributed by atoms with E-state index in [1.54, 1.807) is 0 Å². The van der Waals surface area contributed by atoms with Crippen LogP contribution in [-0.4, -0.2) is 10.2 Å². The number of fused-ring (bicyclic) bond motifs is 1. The second-order valence-corrected chi connectivity index (χ2v) is 8.53. The maximum atomic E-state index is 8.49. The highest BCUT2D eigenvalue weighted by atomic mass is 35.7. The summed E-state index contributed by atoms with van der Waals surface area (Å²) in [4.78, 5) is 3.38. The predicted molar refractivity (Wildman–Crippen MR) is 99.8 cm³/mol. The Bertz CT molecular complexity index is 1230. The molecule has 2 aromatic carbocycles. The first-order valence-electron chi connectivity index (χ1n) is 8.41. The molecule has 0 amide bonds. The minimum absolute atomic E-state index is 0.697. The van der Waals surface area contributed by atoms with Crippen molar-refractivity contribution in [3.8, 4) is 11.3 Å². The van der Waals surface area contributed by atoms with Gasteiger partial charge in [-0.3, -0.25) is 0 Å². The van der Waals surface area contributed by atoms with Crippen LogP contribution < -0.4 is 29.0 Å². The Kier molecular flexibility index (Phi) is 6.84. The smallest absolute Gasteiger partial charge is 0.408 e. The molecule has 0 radical (unpaired) electrons. The molecule has 4 rings (SSSR count). The lowest BCUT2D eigenvalue weighted by Gasteiger charge is -2.17. The molecular weight excluding hydrogens is 453 g/mol. The van der Waals surface area contributed by atoms with E-state index >= 15 is 0 Å². The molecule has 11 heteroatoms. The molecule has 2 heterocycles. The molecule has 0 atom stereocenters. The Labute approximate surface area is 182 Å². The van der Waals surface area contributed by atoms with Gasteiger partial charge in [0.2, 0.25) is 0 Å². The van der Waals surface area contributed by atoms with Crippen molar-refractivity contribution in [2.45, 2.75) is 13.8 Å². The van der Waals surface area contributed by atoms with E-state index in [4.69, 9.17) is 34.7 Å². The third-order valence-corrected chi connectivity index (χ3v) is 4.82. The summed E-state index contributed by atoms with van der Waals surface area (Å²) in [5, 5.41) is 12.5. The summed E-state index contributed by atoms with van der Waals surface area (Å²) in [6.07, 6.45) is 0. The number of halogens is 2. The first-order valence-corrected chi connectivity index (χ1v) is 10.8. The summed E-state index contributed by atoms with van der Waals surface area (Å²) < 4.78 is 40.1. The lowest BCUT2D eigenvalue weighted by molar-refractivity contribution is -2.00. The molecule has 30 heavy (non-hydrogen) atoms.